The molecule has 0 atom stereocenters. The summed E-state index contributed by atoms with van der Waals surface area (Å²) >= 11 is 11.8. The third-order valence-corrected chi connectivity index (χ3v) is 5.12. The lowest BCUT2D eigenvalue weighted by Gasteiger charge is -2.05. The van der Waals surface area contributed by atoms with E-state index >= 15 is 0 Å². The minimum Gasteiger partial charge on any atom is -0.223 e. The first-order valence-electron chi connectivity index (χ1n) is 6.36. The zero-order valence-corrected chi connectivity index (χ0v) is 14.0. The molecule has 0 aliphatic heterocycles. The molecule has 0 N–H and O–H groups in total. The Bertz CT molecular complexity index is 901. The van der Waals surface area contributed by atoms with Crippen LogP contribution in [0.5, 0.6) is 0 Å². The van der Waals surface area contributed by atoms with Gasteiger partial charge in [0.25, 0.3) is 0 Å². The summed E-state index contributed by atoms with van der Waals surface area (Å²) in [5.74, 6) is -0.868. The van der Waals surface area contributed by atoms with Gasteiger partial charge >= 0.3 is 0 Å². The molecule has 0 aromatic heterocycles. The molecular weight excluding hydrogens is 360 g/mol. The number of benzene rings is 2. The Morgan fingerprint density at radius 2 is 1.83 bits per heavy atom. The van der Waals surface area contributed by atoms with Crippen molar-refractivity contribution in [1.29, 1.82) is 5.26 Å². The van der Waals surface area contributed by atoms with Crippen molar-refractivity contribution in [2.45, 2.75) is 5.75 Å². The largest absolute Gasteiger partial charge is 0.223 e. The van der Waals surface area contributed by atoms with E-state index in [4.69, 9.17) is 28.5 Å². The first kappa shape index (κ1) is 17.5. The van der Waals surface area contributed by atoms with Crippen LogP contribution in [0.25, 0.3) is 6.08 Å². The smallest absolute Gasteiger partial charge is 0.192 e. The van der Waals surface area contributed by atoms with Gasteiger partial charge in [-0.25, -0.2) is 12.8 Å². The Labute approximate surface area is 143 Å². The highest BCUT2D eigenvalue weighted by atomic mass is 35.5. The van der Waals surface area contributed by atoms with Crippen LogP contribution in [0.15, 0.2) is 47.4 Å². The van der Waals surface area contributed by atoms with Crippen LogP contribution >= 0.6 is 23.2 Å². The number of hydrogen-bond donors (Lipinski definition) is 0. The van der Waals surface area contributed by atoms with Gasteiger partial charge in [0.2, 0.25) is 0 Å². The molecule has 0 spiro atoms. The molecule has 0 saturated carbocycles. The molecule has 0 saturated heterocycles. The van der Waals surface area contributed by atoms with Crippen LogP contribution in [-0.4, -0.2) is 8.42 Å². The first-order chi connectivity index (χ1) is 10.8. The zero-order chi connectivity index (χ0) is 17.0. The predicted octanol–water partition coefficient (Wildman–Crippen LogP) is 4.61. The molecule has 0 bridgehead atoms. The summed E-state index contributed by atoms with van der Waals surface area (Å²) in [6.07, 6.45) is 1.19. The highest BCUT2D eigenvalue weighted by molar-refractivity contribution is 7.95. The van der Waals surface area contributed by atoms with E-state index in [-0.39, 0.29) is 5.02 Å². The van der Waals surface area contributed by atoms with Crippen molar-refractivity contribution in [1.82, 2.24) is 0 Å². The van der Waals surface area contributed by atoms with E-state index < -0.39 is 26.3 Å². The summed E-state index contributed by atoms with van der Waals surface area (Å²) < 4.78 is 37.6. The van der Waals surface area contributed by atoms with Crippen molar-refractivity contribution >= 4 is 39.1 Å². The van der Waals surface area contributed by atoms with Gasteiger partial charge in [0.05, 0.1) is 5.75 Å². The fourth-order valence-electron chi connectivity index (χ4n) is 1.83. The van der Waals surface area contributed by atoms with Gasteiger partial charge in [-0.3, -0.25) is 0 Å². The summed E-state index contributed by atoms with van der Waals surface area (Å²) in [5.41, 5.74) is 0.755. The lowest BCUT2D eigenvalue weighted by atomic mass is 10.2. The number of halogens is 3. The Morgan fingerprint density at radius 1 is 1.17 bits per heavy atom. The molecule has 2 aromatic rings. The second-order valence-corrected chi connectivity index (χ2v) is 7.47. The van der Waals surface area contributed by atoms with E-state index in [0.29, 0.717) is 16.1 Å². The first-order valence-corrected chi connectivity index (χ1v) is 8.77. The molecule has 0 fully saturated rings. The van der Waals surface area contributed by atoms with Gasteiger partial charge in [-0.05, 0) is 41.5 Å². The molecule has 0 aliphatic rings. The summed E-state index contributed by atoms with van der Waals surface area (Å²) in [7, 11) is -3.88. The molecule has 0 heterocycles. The Morgan fingerprint density at radius 3 is 2.39 bits per heavy atom. The molecular formula is C16H10Cl2FNO2S. The van der Waals surface area contributed by atoms with Crippen LogP contribution in [0.1, 0.15) is 11.1 Å². The Hall–Kier alpha value is -1.87. The van der Waals surface area contributed by atoms with Crippen molar-refractivity contribution in [3.8, 4) is 6.07 Å². The van der Waals surface area contributed by atoms with Crippen molar-refractivity contribution < 1.29 is 12.8 Å². The summed E-state index contributed by atoms with van der Waals surface area (Å²) in [6, 6.07) is 11.2. The third kappa shape index (κ3) is 4.55. The van der Waals surface area contributed by atoms with Crippen molar-refractivity contribution in [2.24, 2.45) is 0 Å². The molecule has 0 aliphatic carbocycles. The van der Waals surface area contributed by atoms with Crippen LogP contribution in [-0.2, 0) is 15.6 Å². The molecule has 0 amide bonds. The van der Waals surface area contributed by atoms with E-state index in [9.17, 15) is 12.8 Å². The Balaban J connectivity index is 2.37. The fraction of sp³-hybridized carbons (Fsp3) is 0.0625. The summed E-state index contributed by atoms with van der Waals surface area (Å²) in [4.78, 5) is -0.425. The third-order valence-electron chi connectivity index (χ3n) is 2.96. The number of allylic oxidation sites excluding steroid dienone is 1. The van der Waals surface area contributed by atoms with Crippen molar-refractivity contribution in [3.05, 3.63) is 74.4 Å². The second-order valence-electron chi connectivity index (χ2n) is 4.67. The van der Waals surface area contributed by atoms with E-state index in [1.54, 1.807) is 12.1 Å². The average Bonchev–Trinajstić information content (AvgIpc) is 2.48. The maximum atomic E-state index is 12.9. The van der Waals surface area contributed by atoms with Gasteiger partial charge in [0.15, 0.2) is 9.84 Å². The molecule has 23 heavy (non-hydrogen) atoms. The van der Waals surface area contributed by atoms with E-state index in [2.05, 4.69) is 0 Å². The lowest BCUT2D eigenvalue weighted by molar-refractivity contribution is 0.602. The van der Waals surface area contributed by atoms with Gasteiger partial charge in [-0.2, -0.15) is 5.26 Å². The maximum absolute atomic E-state index is 12.9. The van der Waals surface area contributed by atoms with Gasteiger partial charge in [-0.15, -0.1) is 0 Å². The van der Waals surface area contributed by atoms with Gasteiger partial charge in [0.1, 0.15) is 16.8 Å². The Kier molecular flexibility index (Phi) is 5.42. The van der Waals surface area contributed by atoms with E-state index in [1.165, 1.54) is 30.3 Å². The summed E-state index contributed by atoms with van der Waals surface area (Å²) in [5, 5.41) is 9.80. The van der Waals surface area contributed by atoms with Crippen molar-refractivity contribution in [2.75, 3.05) is 0 Å². The van der Waals surface area contributed by atoms with Gasteiger partial charge in [-0.1, -0.05) is 41.4 Å². The highest BCUT2D eigenvalue weighted by Gasteiger charge is 2.19. The standard InChI is InChI=1S/C16H10Cl2FNO2S/c17-13-4-3-12(16(18)8-13)7-15(9-20)23(21,22)10-11-1-5-14(19)6-2-11/h1-8H,10H2/b15-7-. The SMILES string of the molecule is N#C/C(=C/c1ccc(Cl)cc1Cl)S(=O)(=O)Cc1ccc(F)cc1. The highest BCUT2D eigenvalue weighted by Crippen LogP contribution is 2.25. The number of nitriles is 1. The van der Waals surface area contributed by atoms with Gasteiger partial charge in [0, 0.05) is 10.0 Å². The normalized spacial score (nSPS) is 12.0. The van der Waals surface area contributed by atoms with Crippen LogP contribution in [0.2, 0.25) is 10.0 Å². The number of rotatable bonds is 4. The van der Waals surface area contributed by atoms with Crippen molar-refractivity contribution in [3.63, 3.8) is 0 Å². The van der Waals surface area contributed by atoms with Crippen LogP contribution < -0.4 is 0 Å². The molecule has 0 unspecified atom stereocenters. The van der Waals surface area contributed by atoms with E-state index in [1.807, 2.05) is 0 Å². The molecule has 0 radical (unpaired) electrons. The second kappa shape index (κ2) is 7.14. The molecule has 118 valence electrons. The summed E-state index contributed by atoms with van der Waals surface area (Å²) in [6.45, 7) is 0. The van der Waals surface area contributed by atoms with Crippen LogP contribution in [0, 0.1) is 17.1 Å². The molecule has 7 heteroatoms. The average molecular weight is 370 g/mol. The lowest BCUT2D eigenvalue weighted by Crippen LogP contribution is -2.06. The monoisotopic (exact) mass is 369 g/mol. The molecule has 2 aromatic carbocycles. The fourth-order valence-corrected chi connectivity index (χ4v) is 3.52. The minimum absolute atomic E-state index is 0.238. The zero-order valence-electron chi connectivity index (χ0n) is 11.6. The predicted molar refractivity (Wildman–Crippen MR) is 89.1 cm³/mol. The number of hydrogen-bond acceptors (Lipinski definition) is 3. The van der Waals surface area contributed by atoms with Crippen LogP contribution in [0.4, 0.5) is 4.39 Å². The topological polar surface area (TPSA) is 57.9 Å². The minimum atomic E-state index is -3.88. The quantitative estimate of drug-likeness (QED) is 0.739. The van der Waals surface area contributed by atoms with E-state index in [0.717, 1.165) is 12.1 Å². The van der Waals surface area contributed by atoms with Crippen LogP contribution in [0.3, 0.4) is 0 Å². The molecule has 2 rings (SSSR count). The maximum Gasteiger partial charge on any atom is 0.192 e. The number of sulfone groups is 1. The van der Waals surface area contributed by atoms with Gasteiger partial charge < -0.3 is 0 Å². The number of nitrogens with zero attached hydrogens (tertiary/aromatic N) is 1. The molecule has 3 nitrogen and oxygen atoms in total.